The van der Waals surface area contributed by atoms with Gasteiger partial charge in [-0.2, -0.15) is 4.31 Å². The lowest BCUT2D eigenvalue weighted by Crippen LogP contribution is -2.30. The number of halogens is 3. The zero-order valence-electron chi connectivity index (χ0n) is 12.8. The normalized spacial score (nSPS) is 22.7. The highest BCUT2D eigenvalue weighted by atomic mass is 32.2. The van der Waals surface area contributed by atoms with Crippen LogP contribution in [0.1, 0.15) is 19.3 Å². The van der Waals surface area contributed by atoms with Crippen LogP contribution in [0, 0.1) is 5.92 Å². The summed E-state index contributed by atoms with van der Waals surface area (Å²) in [5.74, 6) is 0.158. The quantitative estimate of drug-likeness (QED) is 0.778. The predicted molar refractivity (Wildman–Crippen MR) is 79.0 cm³/mol. The molecule has 0 spiro atoms. The molecular weight excluding hydrogens is 347 g/mol. The van der Waals surface area contributed by atoms with Gasteiger partial charge in [-0.25, -0.2) is 8.42 Å². The fraction of sp³-hybridized carbons (Fsp3) is 0.600. The lowest BCUT2D eigenvalue weighted by atomic mass is 10.3. The molecule has 1 saturated carbocycles. The summed E-state index contributed by atoms with van der Waals surface area (Å²) in [6.45, 7) is 1.29. The van der Waals surface area contributed by atoms with E-state index in [0.717, 1.165) is 24.3 Å². The number of nitrogens with zero attached hydrogens (tertiary/aromatic N) is 1. The minimum atomic E-state index is -4.80. The van der Waals surface area contributed by atoms with E-state index < -0.39 is 22.1 Å². The smallest absolute Gasteiger partial charge is 0.406 e. The number of sulfonamides is 1. The van der Waals surface area contributed by atoms with E-state index in [4.69, 9.17) is 4.74 Å². The Kier molecular flexibility index (Phi) is 4.76. The molecule has 1 saturated heterocycles. The van der Waals surface area contributed by atoms with Gasteiger partial charge in [0, 0.05) is 19.7 Å². The van der Waals surface area contributed by atoms with Gasteiger partial charge in [0.15, 0.2) is 0 Å². The fourth-order valence-corrected chi connectivity index (χ4v) is 4.06. The average Bonchev–Trinajstić information content (AvgIpc) is 3.20. The summed E-state index contributed by atoms with van der Waals surface area (Å²) in [4.78, 5) is -0.0557. The number of hydrogen-bond donors (Lipinski definition) is 0. The van der Waals surface area contributed by atoms with Crippen molar-refractivity contribution >= 4 is 10.0 Å². The van der Waals surface area contributed by atoms with Crippen molar-refractivity contribution < 1.29 is 31.1 Å². The van der Waals surface area contributed by atoms with Gasteiger partial charge < -0.3 is 9.47 Å². The molecule has 0 N–H and O–H groups in total. The molecular formula is C15H18F3NO4S. The summed E-state index contributed by atoms with van der Waals surface area (Å²) in [5.41, 5.74) is 0. The Labute approximate surface area is 138 Å². The molecule has 1 aliphatic heterocycles. The van der Waals surface area contributed by atoms with Crippen molar-refractivity contribution in [2.24, 2.45) is 5.92 Å². The van der Waals surface area contributed by atoms with Crippen molar-refractivity contribution in [3.8, 4) is 5.75 Å². The maximum Gasteiger partial charge on any atom is 0.573 e. The number of ether oxygens (including phenoxy) is 2. The first-order chi connectivity index (χ1) is 11.2. The van der Waals surface area contributed by atoms with Gasteiger partial charge >= 0.3 is 6.36 Å². The lowest BCUT2D eigenvalue weighted by Gasteiger charge is -2.17. The summed E-state index contributed by atoms with van der Waals surface area (Å²) < 4.78 is 72.2. The van der Waals surface area contributed by atoms with E-state index in [1.54, 1.807) is 0 Å². The topological polar surface area (TPSA) is 55.8 Å². The van der Waals surface area contributed by atoms with Crippen LogP contribution in [0.2, 0.25) is 0 Å². The molecule has 1 atom stereocenters. The molecule has 1 aliphatic carbocycles. The zero-order chi connectivity index (χ0) is 17.4. The molecule has 1 heterocycles. The van der Waals surface area contributed by atoms with Crippen LogP contribution in [0.3, 0.4) is 0 Å². The Morgan fingerprint density at radius 1 is 1.12 bits per heavy atom. The number of benzene rings is 1. The lowest BCUT2D eigenvalue weighted by molar-refractivity contribution is -0.274. The van der Waals surface area contributed by atoms with Crippen LogP contribution in [0.15, 0.2) is 29.2 Å². The van der Waals surface area contributed by atoms with Crippen LogP contribution < -0.4 is 4.74 Å². The second kappa shape index (κ2) is 6.53. The van der Waals surface area contributed by atoms with Gasteiger partial charge in [0.25, 0.3) is 0 Å². The zero-order valence-corrected chi connectivity index (χ0v) is 13.6. The molecule has 5 nitrogen and oxygen atoms in total. The van der Waals surface area contributed by atoms with E-state index in [-0.39, 0.29) is 17.5 Å². The third-order valence-corrected chi connectivity index (χ3v) is 5.95. The van der Waals surface area contributed by atoms with Crippen molar-refractivity contribution in [1.82, 2.24) is 4.31 Å². The van der Waals surface area contributed by atoms with Crippen LogP contribution in [-0.2, 0) is 14.8 Å². The first-order valence-corrected chi connectivity index (χ1v) is 9.15. The maximum absolute atomic E-state index is 12.5. The molecule has 2 aliphatic rings. The molecule has 3 rings (SSSR count). The summed E-state index contributed by atoms with van der Waals surface area (Å²) in [7, 11) is -3.74. The molecule has 2 fully saturated rings. The monoisotopic (exact) mass is 365 g/mol. The van der Waals surface area contributed by atoms with Gasteiger partial charge in [0.2, 0.25) is 10.0 Å². The second-order valence-corrected chi connectivity index (χ2v) is 8.01. The van der Waals surface area contributed by atoms with Crippen LogP contribution >= 0.6 is 0 Å². The van der Waals surface area contributed by atoms with Crippen molar-refractivity contribution in [1.29, 1.82) is 0 Å². The van der Waals surface area contributed by atoms with Crippen molar-refractivity contribution in [3.63, 3.8) is 0 Å². The van der Waals surface area contributed by atoms with Gasteiger partial charge in [-0.1, -0.05) is 0 Å². The maximum atomic E-state index is 12.5. The highest BCUT2D eigenvalue weighted by Crippen LogP contribution is 2.31. The molecule has 0 unspecified atom stereocenters. The van der Waals surface area contributed by atoms with E-state index in [1.165, 1.54) is 17.1 Å². The van der Waals surface area contributed by atoms with E-state index in [1.807, 2.05) is 0 Å². The molecule has 24 heavy (non-hydrogen) atoms. The molecule has 134 valence electrons. The van der Waals surface area contributed by atoms with Crippen LogP contribution in [0.4, 0.5) is 13.2 Å². The minimum absolute atomic E-state index is 0.0557. The SMILES string of the molecule is O=S(=O)(c1ccc(OC(F)(F)F)cc1)N1CC[C@H](OCC2CC2)C1. The molecule has 9 heteroatoms. The number of hydrogen-bond acceptors (Lipinski definition) is 4. The van der Waals surface area contributed by atoms with Crippen molar-refractivity contribution in [3.05, 3.63) is 24.3 Å². The Balaban J connectivity index is 1.62. The third kappa shape index (κ3) is 4.40. The van der Waals surface area contributed by atoms with Crippen molar-refractivity contribution in [2.75, 3.05) is 19.7 Å². The summed E-state index contributed by atoms with van der Waals surface area (Å²) >= 11 is 0. The van der Waals surface area contributed by atoms with Gasteiger partial charge in [-0.15, -0.1) is 13.2 Å². The minimum Gasteiger partial charge on any atom is -0.406 e. The Morgan fingerprint density at radius 2 is 1.79 bits per heavy atom. The fourth-order valence-electron chi connectivity index (χ4n) is 2.57. The molecule has 0 amide bonds. The average molecular weight is 365 g/mol. The summed E-state index contributed by atoms with van der Waals surface area (Å²) in [5, 5.41) is 0. The molecule has 0 radical (unpaired) electrons. The molecule has 0 bridgehead atoms. The Morgan fingerprint density at radius 3 is 2.38 bits per heavy atom. The number of rotatable bonds is 6. The van der Waals surface area contributed by atoms with E-state index in [0.29, 0.717) is 25.5 Å². The van der Waals surface area contributed by atoms with Crippen LogP contribution in [0.25, 0.3) is 0 Å². The third-order valence-electron chi connectivity index (χ3n) is 4.07. The first-order valence-electron chi connectivity index (χ1n) is 7.71. The van der Waals surface area contributed by atoms with E-state index in [9.17, 15) is 21.6 Å². The number of alkyl halides is 3. The molecule has 1 aromatic carbocycles. The van der Waals surface area contributed by atoms with Crippen molar-refractivity contribution in [2.45, 2.75) is 36.6 Å². The summed E-state index contributed by atoms with van der Waals surface area (Å²) in [6.07, 6.45) is -1.96. The second-order valence-electron chi connectivity index (χ2n) is 6.07. The standard InChI is InChI=1S/C15H18F3NO4S/c16-15(17,18)23-12-3-5-14(6-4-12)24(20,21)19-8-7-13(9-19)22-10-11-1-2-11/h3-6,11,13H,1-2,7-10H2/t13-/m0/s1. The Bertz CT molecular complexity index is 671. The highest BCUT2D eigenvalue weighted by molar-refractivity contribution is 7.89. The van der Waals surface area contributed by atoms with Gasteiger partial charge in [-0.05, 0) is 49.4 Å². The van der Waals surface area contributed by atoms with E-state index in [2.05, 4.69) is 4.74 Å². The Hall–Kier alpha value is -1.32. The highest BCUT2D eigenvalue weighted by Gasteiger charge is 2.35. The van der Waals surface area contributed by atoms with Gasteiger partial charge in [0.05, 0.1) is 11.0 Å². The first kappa shape index (κ1) is 17.5. The largest absolute Gasteiger partial charge is 0.573 e. The summed E-state index contributed by atoms with van der Waals surface area (Å²) in [6, 6.07) is 4.23. The van der Waals surface area contributed by atoms with Gasteiger partial charge in [-0.3, -0.25) is 0 Å². The molecule has 0 aromatic heterocycles. The molecule has 1 aromatic rings. The predicted octanol–water partition coefficient (Wildman–Crippen LogP) is 2.77. The van der Waals surface area contributed by atoms with Crippen LogP contribution in [0.5, 0.6) is 5.75 Å². The van der Waals surface area contributed by atoms with E-state index >= 15 is 0 Å². The van der Waals surface area contributed by atoms with Gasteiger partial charge in [0.1, 0.15) is 5.75 Å². The van der Waals surface area contributed by atoms with Crippen LogP contribution in [-0.4, -0.2) is 44.9 Å².